The highest BCUT2D eigenvalue weighted by Crippen LogP contribution is 2.12. The van der Waals surface area contributed by atoms with Crippen LogP contribution in [-0.4, -0.2) is 4.98 Å². The first-order valence-electron chi connectivity index (χ1n) is 4.14. The first kappa shape index (κ1) is 8.79. The van der Waals surface area contributed by atoms with Gasteiger partial charge in [0.1, 0.15) is 11.8 Å². The van der Waals surface area contributed by atoms with Gasteiger partial charge in [0.2, 0.25) is 0 Å². The second-order valence-electron chi connectivity index (χ2n) is 2.72. The van der Waals surface area contributed by atoms with Gasteiger partial charge in [-0.15, -0.1) is 0 Å². The highest BCUT2D eigenvalue weighted by atomic mass is 16.4. The van der Waals surface area contributed by atoms with E-state index < -0.39 is 0 Å². The largest absolute Gasteiger partial charge is 0.445 e. The predicted octanol–water partition coefficient (Wildman–Crippen LogP) is 2.20. The summed E-state index contributed by atoms with van der Waals surface area (Å²) >= 11 is 0. The van der Waals surface area contributed by atoms with Gasteiger partial charge < -0.3 is 4.42 Å². The van der Waals surface area contributed by atoms with E-state index in [4.69, 9.17) is 9.68 Å². The van der Waals surface area contributed by atoms with Crippen LogP contribution in [0.3, 0.4) is 0 Å². The van der Waals surface area contributed by atoms with Crippen LogP contribution in [0, 0.1) is 18.3 Å². The molecule has 0 aromatic carbocycles. The van der Waals surface area contributed by atoms with Crippen molar-refractivity contribution in [1.82, 2.24) is 4.98 Å². The van der Waals surface area contributed by atoms with E-state index in [2.05, 4.69) is 11.9 Å². The Morgan fingerprint density at radius 1 is 1.58 bits per heavy atom. The maximum atomic E-state index is 8.66. The van der Waals surface area contributed by atoms with Gasteiger partial charge in [-0.3, -0.25) is 0 Å². The van der Waals surface area contributed by atoms with E-state index in [1.54, 1.807) is 6.92 Å². The molecule has 64 valence electrons. The van der Waals surface area contributed by atoms with E-state index in [9.17, 15) is 0 Å². The maximum absolute atomic E-state index is 8.66. The summed E-state index contributed by atoms with van der Waals surface area (Å²) in [4.78, 5) is 3.95. The van der Waals surface area contributed by atoms with E-state index in [0.29, 0.717) is 11.6 Å². The molecule has 0 bridgehead atoms. The van der Waals surface area contributed by atoms with Crippen LogP contribution in [-0.2, 0) is 6.42 Å². The zero-order valence-electron chi connectivity index (χ0n) is 7.42. The second kappa shape index (κ2) is 3.91. The molecule has 0 unspecified atom stereocenters. The summed E-state index contributed by atoms with van der Waals surface area (Å²) in [7, 11) is 0. The molecular formula is C9H12N2O. The summed E-state index contributed by atoms with van der Waals surface area (Å²) in [5.41, 5.74) is 0.445. The molecule has 1 rings (SSSR count). The fourth-order valence-corrected chi connectivity index (χ4v) is 1.06. The highest BCUT2D eigenvalue weighted by molar-refractivity contribution is 5.24. The van der Waals surface area contributed by atoms with Crippen LogP contribution in [0.2, 0.25) is 0 Å². The van der Waals surface area contributed by atoms with Gasteiger partial charge in [-0.05, 0) is 6.42 Å². The second-order valence-corrected chi connectivity index (χ2v) is 2.72. The van der Waals surface area contributed by atoms with Crippen molar-refractivity contribution in [2.75, 3.05) is 0 Å². The van der Waals surface area contributed by atoms with Gasteiger partial charge in [-0.1, -0.05) is 13.3 Å². The van der Waals surface area contributed by atoms with Crippen molar-refractivity contribution in [3.8, 4) is 6.07 Å². The molecule has 12 heavy (non-hydrogen) atoms. The van der Waals surface area contributed by atoms with Gasteiger partial charge in [0.15, 0.2) is 11.6 Å². The Labute approximate surface area is 72.0 Å². The monoisotopic (exact) mass is 164 g/mol. The Kier molecular flexibility index (Phi) is 2.87. The van der Waals surface area contributed by atoms with Crippen molar-refractivity contribution in [2.24, 2.45) is 0 Å². The Morgan fingerprint density at radius 3 is 2.92 bits per heavy atom. The molecule has 1 aromatic rings. The predicted molar refractivity (Wildman–Crippen MR) is 44.6 cm³/mol. The first-order chi connectivity index (χ1) is 5.77. The van der Waals surface area contributed by atoms with Gasteiger partial charge in [0, 0.05) is 13.3 Å². The van der Waals surface area contributed by atoms with E-state index in [1.165, 1.54) is 0 Å². The van der Waals surface area contributed by atoms with Gasteiger partial charge >= 0.3 is 0 Å². The molecule has 1 heterocycles. The number of hydrogen-bond donors (Lipinski definition) is 0. The minimum Gasteiger partial charge on any atom is -0.445 e. The number of aromatic nitrogens is 1. The van der Waals surface area contributed by atoms with E-state index >= 15 is 0 Å². The quantitative estimate of drug-likeness (QED) is 0.688. The van der Waals surface area contributed by atoms with Crippen molar-refractivity contribution >= 4 is 0 Å². The van der Waals surface area contributed by atoms with E-state index in [0.717, 1.165) is 25.0 Å². The van der Waals surface area contributed by atoms with Crippen molar-refractivity contribution in [3.05, 3.63) is 17.3 Å². The SMILES string of the molecule is CCCCc1oc(C)nc1C#N. The smallest absolute Gasteiger partial charge is 0.192 e. The van der Waals surface area contributed by atoms with E-state index in [1.807, 2.05) is 6.07 Å². The zero-order valence-corrected chi connectivity index (χ0v) is 7.42. The third kappa shape index (κ3) is 1.85. The summed E-state index contributed by atoms with van der Waals surface area (Å²) in [5.74, 6) is 1.31. The first-order valence-corrected chi connectivity index (χ1v) is 4.14. The van der Waals surface area contributed by atoms with E-state index in [-0.39, 0.29) is 0 Å². The molecule has 0 aliphatic heterocycles. The number of rotatable bonds is 3. The lowest BCUT2D eigenvalue weighted by Crippen LogP contribution is -1.85. The molecule has 0 aliphatic carbocycles. The van der Waals surface area contributed by atoms with Crippen LogP contribution in [0.25, 0.3) is 0 Å². The molecule has 3 heteroatoms. The zero-order chi connectivity index (χ0) is 8.97. The van der Waals surface area contributed by atoms with Crippen LogP contribution >= 0.6 is 0 Å². The molecule has 3 nitrogen and oxygen atoms in total. The molecule has 0 fully saturated rings. The third-order valence-corrected chi connectivity index (χ3v) is 1.67. The third-order valence-electron chi connectivity index (χ3n) is 1.67. The van der Waals surface area contributed by atoms with Crippen molar-refractivity contribution in [1.29, 1.82) is 5.26 Å². The molecule has 0 saturated heterocycles. The van der Waals surface area contributed by atoms with Crippen LogP contribution in [0.4, 0.5) is 0 Å². The van der Waals surface area contributed by atoms with Crippen LogP contribution in [0.15, 0.2) is 4.42 Å². The van der Waals surface area contributed by atoms with Crippen LogP contribution in [0.1, 0.15) is 37.1 Å². The van der Waals surface area contributed by atoms with Gasteiger partial charge in [0.05, 0.1) is 0 Å². The summed E-state index contributed by atoms with van der Waals surface area (Å²) in [6.45, 7) is 3.87. The highest BCUT2D eigenvalue weighted by Gasteiger charge is 2.08. The average molecular weight is 164 g/mol. The fraction of sp³-hybridized carbons (Fsp3) is 0.556. The molecular weight excluding hydrogens is 152 g/mol. The molecule has 0 spiro atoms. The minimum atomic E-state index is 0.445. The summed E-state index contributed by atoms with van der Waals surface area (Å²) in [6, 6.07) is 2.02. The van der Waals surface area contributed by atoms with Gasteiger partial charge in [-0.25, -0.2) is 4.98 Å². The Morgan fingerprint density at radius 2 is 2.33 bits per heavy atom. The van der Waals surface area contributed by atoms with Gasteiger partial charge in [-0.2, -0.15) is 5.26 Å². The fourth-order valence-electron chi connectivity index (χ4n) is 1.06. The number of oxazole rings is 1. The lowest BCUT2D eigenvalue weighted by atomic mass is 10.2. The molecule has 0 radical (unpaired) electrons. The Hall–Kier alpha value is -1.30. The molecule has 0 atom stereocenters. The molecule has 0 N–H and O–H groups in total. The number of nitriles is 1. The Balaban J connectivity index is 2.77. The van der Waals surface area contributed by atoms with Crippen molar-refractivity contribution in [3.63, 3.8) is 0 Å². The lowest BCUT2D eigenvalue weighted by Gasteiger charge is -1.91. The topological polar surface area (TPSA) is 49.8 Å². The van der Waals surface area contributed by atoms with Crippen molar-refractivity contribution < 1.29 is 4.42 Å². The summed E-state index contributed by atoms with van der Waals surface area (Å²) in [5, 5.41) is 8.66. The number of nitrogens with zero attached hydrogens (tertiary/aromatic N) is 2. The van der Waals surface area contributed by atoms with Crippen molar-refractivity contribution in [2.45, 2.75) is 33.1 Å². The number of unbranched alkanes of at least 4 members (excludes halogenated alkanes) is 1. The number of hydrogen-bond acceptors (Lipinski definition) is 3. The van der Waals surface area contributed by atoms with Crippen LogP contribution in [0.5, 0.6) is 0 Å². The van der Waals surface area contributed by atoms with Crippen LogP contribution < -0.4 is 0 Å². The molecule has 0 amide bonds. The average Bonchev–Trinajstić information content (AvgIpc) is 2.42. The Bertz CT molecular complexity index is 296. The lowest BCUT2D eigenvalue weighted by molar-refractivity contribution is 0.468. The normalized spacial score (nSPS) is 9.75. The summed E-state index contributed by atoms with van der Waals surface area (Å²) in [6.07, 6.45) is 2.97. The minimum absolute atomic E-state index is 0.445. The molecule has 0 aliphatic rings. The molecule has 1 aromatic heterocycles. The number of aryl methyl sites for hydroxylation is 2. The van der Waals surface area contributed by atoms with Gasteiger partial charge in [0.25, 0.3) is 0 Å². The maximum Gasteiger partial charge on any atom is 0.192 e. The summed E-state index contributed by atoms with van der Waals surface area (Å²) < 4.78 is 5.27. The standard InChI is InChI=1S/C9H12N2O/c1-3-4-5-9-8(6-10)11-7(2)12-9/h3-5H2,1-2H3. The molecule has 0 saturated carbocycles.